The zero-order valence-electron chi connectivity index (χ0n) is 17.6. The summed E-state index contributed by atoms with van der Waals surface area (Å²) in [4.78, 5) is 24.4. The summed E-state index contributed by atoms with van der Waals surface area (Å²) >= 11 is 0. The highest BCUT2D eigenvalue weighted by molar-refractivity contribution is 5.98. The van der Waals surface area contributed by atoms with Crippen molar-refractivity contribution in [3.05, 3.63) is 89.4 Å². The number of carbonyl (C=O) groups is 2. The van der Waals surface area contributed by atoms with Crippen molar-refractivity contribution in [2.24, 2.45) is 0 Å². The zero-order chi connectivity index (χ0) is 21.9. The van der Waals surface area contributed by atoms with Gasteiger partial charge in [0.25, 0.3) is 0 Å². The van der Waals surface area contributed by atoms with E-state index in [9.17, 15) is 9.59 Å². The molecular weight excluding hydrogens is 394 g/mol. The van der Waals surface area contributed by atoms with E-state index in [1.807, 2.05) is 43.3 Å². The van der Waals surface area contributed by atoms with E-state index in [0.29, 0.717) is 31.9 Å². The first-order chi connectivity index (χ1) is 15.1. The lowest BCUT2D eigenvalue weighted by molar-refractivity contribution is -0.121. The lowest BCUT2D eigenvalue weighted by Gasteiger charge is -2.08. The van der Waals surface area contributed by atoms with Crippen LogP contribution in [-0.4, -0.2) is 18.3 Å². The monoisotopic (exact) mass is 421 g/mol. The average molecular weight is 421 g/mol. The maximum atomic E-state index is 12.3. The highest BCUT2D eigenvalue weighted by Crippen LogP contribution is 2.14. The van der Waals surface area contributed by atoms with Crippen molar-refractivity contribution in [2.75, 3.05) is 6.61 Å². The van der Waals surface area contributed by atoms with Gasteiger partial charge in [-0.1, -0.05) is 24.3 Å². The van der Waals surface area contributed by atoms with E-state index in [0.717, 1.165) is 22.6 Å². The third-order valence-electron chi connectivity index (χ3n) is 4.64. The van der Waals surface area contributed by atoms with E-state index in [1.165, 1.54) is 0 Å². The van der Waals surface area contributed by atoms with E-state index < -0.39 is 0 Å². The Hall–Kier alpha value is -3.38. The largest absolute Gasteiger partial charge is 0.494 e. The summed E-state index contributed by atoms with van der Waals surface area (Å²) in [6, 6.07) is 18.5. The van der Waals surface area contributed by atoms with Gasteiger partial charge in [0.15, 0.2) is 5.78 Å². The lowest BCUT2D eigenvalue weighted by atomic mass is 10.1. The smallest absolute Gasteiger partial charge is 0.220 e. The number of ketones is 1. The molecule has 0 saturated heterocycles. The van der Waals surface area contributed by atoms with Crippen molar-refractivity contribution < 1.29 is 23.5 Å². The minimum atomic E-state index is -0.154. The van der Waals surface area contributed by atoms with Crippen molar-refractivity contribution in [3.8, 4) is 5.75 Å². The van der Waals surface area contributed by atoms with Crippen LogP contribution in [0.5, 0.6) is 5.75 Å². The molecule has 0 fully saturated rings. The number of benzene rings is 2. The maximum absolute atomic E-state index is 12.3. The molecule has 0 atom stereocenters. The topological polar surface area (TPSA) is 77.8 Å². The standard InChI is InChI=1S/C25H27NO5/c1-2-30-22-10-8-21(9-11-22)24(27)12-13-25(28)26-16-19-5-3-6-20(15-19)17-29-18-23-7-4-14-31-23/h3-11,14-15H,2,12-13,16-18H2,1H3,(H,26,28). The molecule has 1 N–H and O–H groups in total. The van der Waals surface area contributed by atoms with E-state index >= 15 is 0 Å². The van der Waals surface area contributed by atoms with Gasteiger partial charge in [0.05, 0.1) is 19.5 Å². The summed E-state index contributed by atoms with van der Waals surface area (Å²) in [5.74, 6) is 1.29. The van der Waals surface area contributed by atoms with Crippen molar-refractivity contribution >= 4 is 11.7 Å². The van der Waals surface area contributed by atoms with E-state index in [-0.39, 0.29) is 24.5 Å². The quantitative estimate of drug-likeness (QED) is 0.430. The van der Waals surface area contributed by atoms with Crippen molar-refractivity contribution in [1.29, 1.82) is 0 Å². The number of hydrogen-bond donors (Lipinski definition) is 1. The third kappa shape index (κ3) is 7.42. The summed E-state index contributed by atoms with van der Waals surface area (Å²) < 4.78 is 16.3. The first kappa shape index (κ1) is 22.3. The number of ether oxygens (including phenoxy) is 2. The summed E-state index contributed by atoms with van der Waals surface area (Å²) in [5.41, 5.74) is 2.58. The Balaban J connectivity index is 1.39. The van der Waals surface area contributed by atoms with E-state index in [2.05, 4.69) is 5.32 Å². The summed E-state index contributed by atoms with van der Waals surface area (Å²) in [6.07, 6.45) is 1.94. The molecule has 6 heteroatoms. The molecule has 1 heterocycles. The minimum absolute atomic E-state index is 0.0612. The van der Waals surface area contributed by atoms with Gasteiger partial charge in [-0.3, -0.25) is 9.59 Å². The average Bonchev–Trinajstić information content (AvgIpc) is 3.31. The second-order valence-corrected chi connectivity index (χ2v) is 7.05. The van der Waals surface area contributed by atoms with Gasteiger partial charge in [-0.05, 0) is 54.4 Å². The molecule has 1 amide bonds. The number of carbonyl (C=O) groups excluding carboxylic acids is 2. The highest BCUT2D eigenvalue weighted by Gasteiger charge is 2.10. The van der Waals surface area contributed by atoms with Crippen LogP contribution >= 0.6 is 0 Å². The normalized spacial score (nSPS) is 10.6. The Bertz CT molecular complexity index is 964. The molecule has 0 spiro atoms. The Morgan fingerprint density at radius 2 is 1.74 bits per heavy atom. The third-order valence-corrected chi connectivity index (χ3v) is 4.64. The zero-order valence-corrected chi connectivity index (χ0v) is 17.6. The molecule has 0 unspecified atom stereocenters. The Morgan fingerprint density at radius 3 is 2.48 bits per heavy atom. The molecule has 3 rings (SSSR count). The fourth-order valence-electron chi connectivity index (χ4n) is 3.06. The molecule has 0 aliphatic carbocycles. The second-order valence-electron chi connectivity index (χ2n) is 7.05. The first-order valence-corrected chi connectivity index (χ1v) is 10.3. The molecule has 0 aliphatic heterocycles. The number of amides is 1. The molecule has 0 bridgehead atoms. The van der Waals surface area contributed by atoms with Crippen LogP contribution in [0.4, 0.5) is 0 Å². The second kappa shape index (κ2) is 11.7. The molecule has 6 nitrogen and oxygen atoms in total. The van der Waals surface area contributed by atoms with Crippen molar-refractivity contribution in [3.63, 3.8) is 0 Å². The summed E-state index contributed by atoms with van der Waals surface area (Å²) in [5, 5.41) is 2.87. The molecule has 1 aromatic heterocycles. The lowest BCUT2D eigenvalue weighted by Crippen LogP contribution is -2.23. The summed E-state index contributed by atoms with van der Waals surface area (Å²) in [6.45, 7) is 3.76. The molecular formula is C25H27NO5. The van der Waals surface area contributed by atoms with Crippen molar-refractivity contribution in [2.45, 2.75) is 39.5 Å². The van der Waals surface area contributed by atoms with Gasteiger partial charge < -0.3 is 19.2 Å². The van der Waals surface area contributed by atoms with Crippen LogP contribution in [0.2, 0.25) is 0 Å². The summed E-state index contributed by atoms with van der Waals surface area (Å²) in [7, 11) is 0. The first-order valence-electron chi connectivity index (χ1n) is 10.3. The maximum Gasteiger partial charge on any atom is 0.220 e. The Labute approximate surface area is 182 Å². The van der Waals surface area contributed by atoms with Crippen LogP contribution in [0.1, 0.15) is 47.0 Å². The van der Waals surface area contributed by atoms with Crippen LogP contribution < -0.4 is 10.1 Å². The van der Waals surface area contributed by atoms with Crippen LogP contribution in [0.25, 0.3) is 0 Å². The predicted octanol–water partition coefficient (Wildman–Crippen LogP) is 4.67. The molecule has 3 aromatic rings. The van der Waals surface area contributed by atoms with E-state index in [4.69, 9.17) is 13.9 Å². The van der Waals surface area contributed by atoms with Gasteiger partial charge in [-0.2, -0.15) is 0 Å². The molecule has 0 aliphatic rings. The van der Waals surface area contributed by atoms with Gasteiger partial charge in [0.2, 0.25) is 5.91 Å². The highest BCUT2D eigenvalue weighted by atomic mass is 16.5. The van der Waals surface area contributed by atoms with Crippen LogP contribution in [0.3, 0.4) is 0 Å². The predicted molar refractivity (Wildman–Crippen MR) is 117 cm³/mol. The van der Waals surface area contributed by atoms with Gasteiger partial charge in [0, 0.05) is 24.9 Å². The van der Waals surface area contributed by atoms with Gasteiger partial charge in [0.1, 0.15) is 18.1 Å². The van der Waals surface area contributed by atoms with Crippen LogP contribution in [0, 0.1) is 0 Å². The van der Waals surface area contributed by atoms with Crippen LogP contribution in [0.15, 0.2) is 71.3 Å². The Kier molecular flexibility index (Phi) is 8.43. The Morgan fingerprint density at radius 1 is 0.935 bits per heavy atom. The van der Waals surface area contributed by atoms with E-state index in [1.54, 1.807) is 30.5 Å². The minimum Gasteiger partial charge on any atom is -0.494 e. The van der Waals surface area contributed by atoms with Crippen LogP contribution in [-0.2, 0) is 29.3 Å². The van der Waals surface area contributed by atoms with Gasteiger partial charge >= 0.3 is 0 Å². The molecule has 0 radical (unpaired) electrons. The molecule has 31 heavy (non-hydrogen) atoms. The number of furan rings is 1. The molecule has 0 saturated carbocycles. The molecule has 162 valence electrons. The number of hydrogen-bond acceptors (Lipinski definition) is 5. The molecule has 2 aromatic carbocycles. The van der Waals surface area contributed by atoms with Gasteiger partial charge in [-0.25, -0.2) is 0 Å². The van der Waals surface area contributed by atoms with Crippen molar-refractivity contribution in [1.82, 2.24) is 5.32 Å². The van der Waals surface area contributed by atoms with Gasteiger partial charge in [-0.15, -0.1) is 0 Å². The fourth-order valence-corrected chi connectivity index (χ4v) is 3.06. The number of nitrogens with one attached hydrogen (secondary N) is 1. The number of rotatable bonds is 12. The number of Topliss-reactive ketones (excluding diaryl/α,β-unsaturated/α-hetero) is 1. The SMILES string of the molecule is CCOc1ccc(C(=O)CCC(=O)NCc2cccc(COCc3ccco3)c2)cc1. The fraction of sp³-hybridized carbons (Fsp3) is 0.280.